The lowest BCUT2D eigenvalue weighted by Crippen LogP contribution is -2.31. The average molecular weight is 329 g/mol. The zero-order valence-electron chi connectivity index (χ0n) is 13.8. The summed E-state index contributed by atoms with van der Waals surface area (Å²) in [6.45, 7) is 2.00. The monoisotopic (exact) mass is 329 g/mol. The predicted octanol–water partition coefficient (Wildman–Crippen LogP) is 3.46. The van der Waals surface area contributed by atoms with Gasteiger partial charge in [0.05, 0.1) is 0 Å². The summed E-state index contributed by atoms with van der Waals surface area (Å²) in [6.07, 6.45) is 0.448. The number of carbonyl (C=O) groups excluding carboxylic acids is 2. The van der Waals surface area contributed by atoms with Crippen LogP contribution in [0.15, 0.2) is 48.5 Å². The van der Waals surface area contributed by atoms with Crippen molar-refractivity contribution in [3.63, 3.8) is 0 Å². The van der Waals surface area contributed by atoms with E-state index in [0.717, 1.165) is 0 Å². The Morgan fingerprint density at radius 3 is 2.46 bits per heavy atom. The Hall–Kier alpha value is -2.69. The molecule has 0 aliphatic rings. The van der Waals surface area contributed by atoms with Crippen LogP contribution < -0.4 is 4.74 Å². The fourth-order valence-electron chi connectivity index (χ4n) is 2.19. The Labute approximate surface area is 140 Å². The first-order chi connectivity index (χ1) is 11.5. The minimum atomic E-state index is -0.327. The molecule has 24 heavy (non-hydrogen) atoms. The van der Waals surface area contributed by atoms with Crippen molar-refractivity contribution in [2.75, 3.05) is 13.7 Å². The number of ether oxygens (including phenoxy) is 1. The van der Waals surface area contributed by atoms with Crippen LogP contribution in [0, 0.1) is 5.82 Å². The molecule has 0 unspecified atom stereocenters. The van der Waals surface area contributed by atoms with Crippen LogP contribution in [0.5, 0.6) is 5.75 Å². The minimum absolute atomic E-state index is 0.0625. The summed E-state index contributed by atoms with van der Waals surface area (Å²) in [5.74, 6) is 0.0434. The van der Waals surface area contributed by atoms with Crippen molar-refractivity contribution in [2.45, 2.75) is 19.9 Å². The number of rotatable bonds is 7. The van der Waals surface area contributed by atoms with Gasteiger partial charge in [0.1, 0.15) is 11.6 Å². The molecule has 2 aromatic carbocycles. The number of likely N-dealkylation sites (N-methyl/N-ethyl adjacent to an activating group) is 1. The smallest absolute Gasteiger partial charge is 0.260 e. The zero-order valence-corrected chi connectivity index (χ0v) is 13.8. The quantitative estimate of drug-likeness (QED) is 0.731. The van der Waals surface area contributed by atoms with Crippen LogP contribution in [0.2, 0.25) is 0 Å². The summed E-state index contributed by atoms with van der Waals surface area (Å²) in [5, 5.41) is 0. The third-order valence-electron chi connectivity index (χ3n) is 3.59. The third kappa shape index (κ3) is 4.91. The van der Waals surface area contributed by atoms with Crippen molar-refractivity contribution in [3.05, 3.63) is 65.5 Å². The molecule has 2 aromatic rings. The highest BCUT2D eigenvalue weighted by Gasteiger charge is 2.11. The summed E-state index contributed by atoms with van der Waals surface area (Å²) >= 11 is 0. The molecule has 0 aromatic heterocycles. The van der Waals surface area contributed by atoms with Crippen molar-refractivity contribution in [1.29, 1.82) is 0 Å². The van der Waals surface area contributed by atoms with Crippen LogP contribution >= 0.6 is 0 Å². The molecule has 0 atom stereocenters. The first-order valence-corrected chi connectivity index (χ1v) is 7.74. The van der Waals surface area contributed by atoms with Gasteiger partial charge < -0.3 is 9.64 Å². The molecule has 0 aliphatic carbocycles. The number of carbonyl (C=O) groups is 2. The molecule has 0 fully saturated rings. The Morgan fingerprint density at radius 1 is 1.12 bits per heavy atom. The minimum Gasteiger partial charge on any atom is -0.484 e. The van der Waals surface area contributed by atoms with Gasteiger partial charge in [0.25, 0.3) is 5.91 Å². The van der Waals surface area contributed by atoms with E-state index in [-0.39, 0.29) is 24.1 Å². The van der Waals surface area contributed by atoms with Crippen molar-refractivity contribution >= 4 is 11.7 Å². The first kappa shape index (κ1) is 17.7. The van der Waals surface area contributed by atoms with E-state index < -0.39 is 0 Å². The standard InChI is InChI=1S/C19H20FNO3/c1-3-18(22)15-7-9-17(10-8-15)24-13-19(23)21(2)12-14-5-4-6-16(20)11-14/h4-11H,3,12-13H2,1-2H3. The highest BCUT2D eigenvalue weighted by Crippen LogP contribution is 2.14. The van der Waals surface area contributed by atoms with Crippen LogP contribution in [0.1, 0.15) is 29.3 Å². The Balaban J connectivity index is 1.87. The lowest BCUT2D eigenvalue weighted by Gasteiger charge is -2.17. The van der Waals surface area contributed by atoms with E-state index in [4.69, 9.17) is 4.74 Å². The Morgan fingerprint density at radius 2 is 1.83 bits per heavy atom. The van der Waals surface area contributed by atoms with Gasteiger partial charge in [0.2, 0.25) is 0 Å². The number of hydrogen-bond acceptors (Lipinski definition) is 3. The fourth-order valence-corrected chi connectivity index (χ4v) is 2.19. The number of Topliss-reactive ketones (excluding diaryl/α,β-unsaturated/α-hetero) is 1. The third-order valence-corrected chi connectivity index (χ3v) is 3.59. The van der Waals surface area contributed by atoms with E-state index in [0.29, 0.717) is 29.8 Å². The number of amides is 1. The maximum atomic E-state index is 13.2. The maximum Gasteiger partial charge on any atom is 0.260 e. The first-order valence-electron chi connectivity index (χ1n) is 7.74. The predicted molar refractivity (Wildman–Crippen MR) is 89.4 cm³/mol. The van der Waals surface area contributed by atoms with Gasteiger partial charge >= 0.3 is 0 Å². The molecule has 2 rings (SSSR count). The van der Waals surface area contributed by atoms with Crippen LogP contribution in [0.4, 0.5) is 4.39 Å². The van der Waals surface area contributed by atoms with Gasteiger partial charge in [-0.3, -0.25) is 9.59 Å². The number of halogens is 1. The topological polar surface area (TPSA) is 46.6 Å². The number of nitrogens with zero attached hydrogens (tertiary/aromatic N) is 1. The van der Waals surface area contributed by atoms with Gasteiger partial charge in [-0.1, -0.05) is 19.1 Å². The van der Waals surface area contributed by atoms with Gasteiger partial charge in [-0.2, -0.15) is 0 Å². The van der Waals surface area contributed by atoms with Crippen LogP contribution in [-0.2, 0) is 11.3 Å². The molecule has 0 saturated heterocycles. The molecule has 0 saturated carbocycles. The lowest BCUT2D eigenvalue weighted by molar-refractivity contribution is -0.132. The SMILES string of the molecule is CCC(=O)c1ccc(OCC(=O)N(C)Cc2cccc(F)c2)cc1. The molecule has 5 heteroatoms. The molecule has 0 aliphatic heterocycles. The molecular formula is C19H20FNO3. The molecule has 0 heterocycles. The summed E-state index contributed by atoms with van der Waals surface area (Å²) in [7, 11) is 1.64. The zero-order chi connectivity index (χ0) is 17.5. The summed E-state index contributed by atoms with van der Waals surface area (Å²) in [5.41, 5.74) is 1.34. The van der Waals surface area contributed by atoms with E-state index in [2.05, 4.69) is 0 Å². The van der Waals surface area contributed by atoms with Gasteiger partial charge in [0, 0.05) is 25.6 Å². The molecular weight excluding hydrogens is 309 g/mol. The van der Waals surface area contributed by atoms with E-state index in [1.807, 2.05) is 0 Å². The molecule has 4 nitrogen and oxygen atoms in total. The lowest BCUT2D eigenvalue weighted by atomic mass is 10.1. The Kier molecular flexibility index (Phi) is 6.07. The molecule has 1 amide bonds. The Bertz CT molecular complexity index is 713. The van der Waals surface area contributed by atoms with E-state index in [1.165, 1.54) is 17.0 Å². The molecule has 0 bridgehead atoms. The molecule has 126 valence electrons. The number of ketones is 1. The van der Waals surface area contributed by atoms with Crippen LogP contribution in [0.3, 0.4) is 0 Å². The average Bonchev–Trinajstić information content (AvgIpc) is 2.59. The van der Waals surface area contributed by atoms with Crippen molar-refractivity contribution < 1.29 is 18.7 Å². The van der Waals surface area contributed by atoms with Gasteiger partial charge in [0.15, 0.2) is 12.4 Å². The van der Waals surface area contributed by atoms with Crippen molar-refractivity contribution in [1.82, 2.24) is 4.90 Å². The van der Waals surface area contributed by atoms with Gasteiger partial charge in [-0.25, -0.2) is 4.39 Å². The summed E-state index contributed by atoms with van der Waals surface area (Å²) in [6, 6.07) is 12.8. The maximum absolute atomic E-state index is 13.2. The van der Waals surface area contributed by atoms with E-state index in [1.54, 1.807) is 50.4 Å². The van der Waals surface area contributed by atoms with Gasteiger partial charge in [-0.15, -0.1) is 0 Å². The molecule has 0 radical (unpaired) electrons. The molecule has 0 spiro atoms. The number of benzene rings is 2. The van der Waals surface area contributed by atoms with Crippen molar-refractivity contribution in [3.8, 4) is 5.75 Å². The van der Waals surface area contributed by atoms with Crippen molar-refractivity contribution in [2.24, 2.45) is 0 Å². The number of hydrogen-bond donors (Lipinski definition) is 0. The summed E-state index contributed by atoms with van der Waals surface area (Å²) < 4.78 is 18.6. The second kappa shape index (κ2) is 8.24. The second-order valence-electron chi connectivity index (χ2n) is 5.47. The van der Waals surface area contributed by atoms with E-state index in [9.17, 15) is 14.0 Å². The largest absolute Gasteiger partial charge is 0.484 e. The normalized spacial score (nSPS) is 10.3. The molecule has 0 N–H and O–H groups in total. The highest BCUT2D eigenvalue weighted by atomic mass is 19.1. The summed E-state index contributed by atoms with van der Waals surface area (Å²) in [4.78, 5) is 25.1. The van der Waals surface area contributed by atoms with E-state index >= 15 is 0 Å². The fraction of sp³-hybridized carbons (Fsp3) is 0.263. The van der Waals surface area contributed by atoms with Gasteiger partial charge in [-0.05, 0) is 42.0 Å². The van der Waals surface area contributed by atoms with Crippen LogP contribution in [0.25, 0.3) is 0 Å². The second-order valence-corrected chi connectivity index (χ2v) is 5.47. The van der Waals surface area contributed by atoms with Crippen LogP contribution in [-0.4, -0.2) is 30.2 Å². The highest BCUT2D eigenvalue weighted by molar-refractivity contribution is 5.95.